The lowest BCUT2D eigenvalue weighted by Crippen LogP contribution is -2.24. The van der Waals surface area contributed by atoms with Gasteiger partial charge in [-0.3, -0.25) is 0 Å². The van der Waals surface area contributed by atoms with E-state index < -0.39 is 17.3 Å². The number of alkyl halides is 3. The number of aliphatic hydroxyl groups is 1. The first-order chi connectivity index (χ1) is 6.79. The fourth-order valence-electron chi connectivity index (χ4n) is 1.39. The van der Waals surface area contributed by atoms with Crippen molar-refractivity contribution in [2.45, 2.75) is 32.0 Å². The van der Waals surface area contributed by atoms with Crippen LogP contribution in [0.1, 0.15) is 31.4 Å². The van der Waals surface area contributed by atoms with Gasteiger partial charge in [-0.25, -0.2) is 0 Å². The van der Waals surface area contributed by atoms with Gasteiger partial charge in [-0.05, 0) is 25.0 Å². The van der Waals surface area contributed by atoms with Crippen molar-refractivity contribution < 1.29 is 18.3 Å². The molecule has 0 aliphatic rings. The molecule has 84 valence electrons. The lowest BCUT2D eigenvalue weighted by Gasteiger charge is -2.25. The number of benzene rings is 1. The first-order valence-electron chi connectivity index (χ1n) is 4.68. The predicted molar refractivity (Wildman–Crippen MR) is 51.3 cm³/mol. The Morgan fingerprint density at radius 1 is 1.13 bits per heavy atom. The third kappa shape index (κ3) is 2.50. The van der Waals surface area contributed by atoms with Gasteiger partial charge in [0.1, 0.15) is 0 Å². The zero-order valence-corrected chi connectivity index (χ0v) is 8.60. The Bertz CT molecular complexity index is 342. The molecule has 1 atom stereocenters. The smallest absolute Gasteiger partial charge is 0.385 e. The molecule has 1 N–H and O–H groups in total. The molecule has 0 aromatic heterocycles. The molecule has 1 rings (SSSR count). The van der Waals surface area contributed by atoms with E-state index in [2.05, 4.69) is 0 Å². The van der Waals surface area contributed by atoms with E-state index in [1.54, 1.807) is 6.92 Å². The fraction of sp³-hybridized carbons (Fsp3) is 0.455. The summed E-state index contributed by atoms with van der Waals surface area (Å²) >= 11 is 0. The molecule has 0 aliphatic carbocycles. The van der Waals surface area contributed by atoms with Crippen molar-refractivity contribution in [3.63, 3.8) is 0 Å². The van der Waals surface area contributed by atoms with Gasteiger partial charge in [-0.15, -0.1) is 0 Å². The van der Waals surface area contributed by atoms with E-state index in [1.165, 1.54) is 25.1 Å². The molecule has 4 heteroatoms. The number of hydrogen-bond donors (Lipinski definition) is 1. The van der Waals surface area contributed by atoms with Crippen LogP contribution < -0.4 is 0 Å². The largest absolute Gasteiger partial charge is 0.416 e. The van der Waals surface area contributed by atoms with E-state index in [0.717, 1.165) is 6.07 Å². The van der Waals surface area contributed by atoms with Gasteiger partial charge < -0.3 is 5.11 Å². The molecule has 1 nitrogen and oxygen atoms in total. The van der Waals surface area contributed by atoms with Gasteiger partial charge in [0.15, 0.2) is 0 Å². The maximum absolute atomic E-state index is 12.6. The summed E-state index contributed by atoms with van der Waals surface area (Å²) in [6, 6.07) is 5.11. The molecule has 0 aliphatic heterocycles. The molecule has 0 heterocycles. The first-order valence-corrected chi connectivity index (χ1v) is 4.68. The summed E-state index contributed by atoms with van der Waals surface area (Å²) in [5.74, 6) is 0. The van der Waals surface area contributed by atoms with Gasteiger partial charge in [-0.2, -0.15) is 13.2 Å². The monoisotopic (exact) mass is 218 g/mol. The van der Waals surface area contributed by atoms with E-state index in [9.17, 15) is 18.3 Å². The van der Waals surface area contributed by atoms with E-state index in [4.69, 9.17) is 0 Å². The van der Waals surface area contributed by atoms with Gasteiger partial charge >= 0.3 is 6.18 Å². The van der Waals surface area contributed by atoms with Crippen molar-refractivity contribution in [1.82, 2.24) is 0 Å². The Hall–Kier alpha value is -1.03. The van der Waals surface area contributed by atoms with Crippen LogP contribution in [0.3, 0.4) is 0 Å². The highest BCUT2D eigenvalue weighted by atomic mass is 19.4. The molecule has 0 saturated heterocycles. The Morgan fingerprint density at radius 3 is 2.00 bits per heavy atom. The van der Waals surface area contributed by atoms with Crippen LogP contribution >= 0.6 is 0 Å². The van der Waals surface area contributed by atoms with E-state index in [0.29, 0.717) is 0 Å². The quantitative estimate of drug-likeness (QED) is 0.807. The maximum atomic E-state index is 12.6. The summed E-state index contributed by atoms with van der Waals surface area (Å²) in [4.78, 5) is 0. The second-order valence-corrected chi connectivity index (χ2v) is 3.67. The summed E-state index contributed by atoms with van der Waals surface area (Å²) in [6.07, 6.45) is -4.18. The second-order valence-electron chi connectivity index (χ2n) is 3.67. The Labute approximate surface area is 86.5 Å². The number of halogens is 3. The van der Waals surface area contributed by atoms with Crippen LogP contribution in [0.25, 0.3) is 0 Å². The van der Waals surface area contributed by atoms with Gasteiger partial charge in [0.25, 0.3) is 0 Å². The second kappa shape index (κ2) is 3.85. The van der Waals surface area contributed by atoms with Crippen molar-refractivity contribution in [3.8, 4) is 0 Å². The Morgan fingerprint density at radius 2 is 1.60 bits per heavy atom. The summed E-state index contributed by atoms with van der Waals surface area (Å²) in [5.41, 5.74) is -2.27. The molecule has 0 amide bonds. The van der Waals surface area contributed by atoms with Gasteiger partial charge in [0.05, 0.1) is 11.2 Å². The molecule has 0 bridgehead atoms. The van der Waals surface area contributed by atoms with Crippen LogP contribution in [0.5, 0.6) is 0 Å². The highest BCUT2D eigenvalue weighted by Gasteiger charge is 2.37. The molecule has 1 aromatic rings. The third-order valence-corrected chi connectivity index (χ3v) is 2.50. The van der Waals surface area contributed by atoms with Crippen LogP contribution in [-0.2, 0) is 11.8 Å². The normalized spacial score (nSPS) is 16.1. The molecule has 1 aromatic carbocycles. The van der Waals surface area contributed by atoms with Gasteiger partial charge in [0, 0.05) is 0 Å². The molecule has 0 saturated carbocycles. The standard InChI is InChI=1S/C11H13F3O/c1-3-10(2,15)8-6-4-5-7-9(8)11(12,13)14/h4-7,15H,3H2,1-2H3. The predicted octanol–water partition coefficient (Wildman–Crippen LogP) is 3.32. The zero-order valence-electron chi connectivity index (χ0n) is 8.60. The zero-order chi connectivity index (χ0) is 11.7. The Kier molecular flexibility index (Phi) is 3.09. The third-order valence-electron chi connectivity index (χ3n) is 2.50. The van der Waals surface area contributed by atoms with Crippen LogP contribution in [0.15, 0.2) is 24.3 Å². The van der Waals surface area contributed by atoms with Crippen molar-refractivity contribution in [3.05, 3.63) is 35.4 Å². The minimum Gasteiger partial charge on any atom is -0.385 e. The lowest BCUT2D eigenvalue weighted by molar-refractivity contribution is -0.140. The fourth-order valence-corrected chi connectivity index (χ4v) is 1.39. The SMILES string of the molecule is CCC(C)(O)c1ccccc1C(F)(F)F. The van der Waals surface area contributed by atoms with Crippen molar-refractivity contribution in [2.24, 2.45) is 0 Å². The summed E-state index contributed by atoms with van der Waals surface area (Å²) in [6.45, 7) is 3.03. The number of hydrogen-bond acceptors (Lipinski definition) is 1. The summed E-state index contributed by atoms with van der Waals surface area (Å²) < 4.78 is 37.8. The Balaban J connectivity index is 3.31. The van der Waals surface area contributed by atoms with Crippen molar-refractivity contribution >= 4 is 0 Å². The highest BCUT2D eigenvalue weighted by molar-refractivity contribution is 5.33. The van der Waals surface area contributed by atoms with E-state index in [-0.39, 0.29) is 12.0 Å². The van der Waals surface area contributed by atoms with Gasteiger partial charge in [-0.1, -0.05) is 25.1 Å². The minimum absolute atomic E-state index is 0.0694. The highest BCUT2D eigenvalue weighted by Crippen LogP contribution is 2.37. The summed E-state index contributed by atoms with van der Waals surface area (Å²) in [5, 5.41) is 9.84. The average molecular weight is 218 g/mol. The maximum Gasteiger partial charge on any atom is 0.416 e. The minimum atomic E-state index is -4.42. The van der Waals surface area contributed by atoms with Crippen LogP contribution in [0.4, 0.5) is 13.2 Å². The molecule has 0 spiro atoms. The van der Waals surface area contributed by atoms with E-state index in [1.807, 2.05) is 0 Å². The summed E-state index contributed by atoms with van der Waals surface area (Å²) in [7, 11) is 0. The average Bonchev–Trinajstić information content (AvgIpc) is 2.16. The van der Waals surface area contributed by atoms with Crippen LogP contribution in [0.2, 0.25) is 0 Å². The molecular weight excluding hydrogens is 205 g/mol. The van der Waals surface area contributed by atoms with Crippen molar-refractivity contribution in [2.75, 3.05) is 0 Å². The van der Waals surface area contributed by atoms with E-state index >= 15 is 0 Å². The first kappa shape index (κ1) is 12.0. The molecule has 0 radical (unpaired) electrons. The molecule has 1 unspecified atom stereocenters. The lowest BCUT2D eigenvalue weighted by atomic mass is 9.89. The van der Waals surface area contributed by atoms with Crippen molar-refractivity contribution in [1.29, 1.82) is 0 Å². The van der Waals surface area contributed by atoms with Gasteiger partial charge in [0.2, 0.25) is 0 Å². The number of rotatable bonds is 2. The molecule has 0 fully saturated rings. The molecular formula is C11H13F3O. The van der Waals surface area contributed by atoms with Crippen LogP contribution in [0, 0.1) is 0 Å². The topological polar surface area (TPSA) is 20.2 Å². The molecule has 15 heavy (non-hydrogen) atoms. The van der Waals surface area contributed by atoms with Crippen LogP contribution in [-0.4, -0.2) is 5.11 Å².